The first kappa shape index (κ1) is 17.8. The molecule has 24 heavy (non-hydrogen) atoms. The molecule has 0 atom stereocenters. The Labute approximate surface area is 142 Å². The van der Waals surface area contributed by atoms with Crippen molar-refractivity contribution in [3.8, 4) is 11.8 Å². The third-order valence-corrected chi connectivity index (χ3v) is 5.08. The first-order valence-electron chi connectivity index (χ1n) is 7.72. The van der Waals surface area contributed by atoms with Crippen LogP contribution in [0.3, 0.4) is 0 Å². The fourth-order valence-electron chi connectivity index (χ4n) is 2.04. The minimum absolute atomic E-state index is 0.109. The van der Waals surface area contributed by atoms with Crippen LogP contribution < -0.4 is 4.74 Å². The van der Waals surface area contributed by atoms with E-state index >= 15 is 0 Å². The van der Waals surface area contributed by atoms with Crippen LogP contribution >= 0.6 is 0 Å². The van der Waals surface area contributed by atoms with Crippen molar-refractivity contribution in [2.75, 3.05) is 6.61 Å². The maximum atomic E-state index is 12.5. The van der Waals surface area contributed by atoms with Crippen LogP contribution in [-0.2, 0) is 9.84 Å². The van der Waals surface area contributed by atoms with E-state index in [-0.39, 0.29) is 9.80 Å². The highest BCUT2D eigenvalue weighted by molar-refractivity contribution is 7.95. The molecule has 2 aromatic carbocycles. The van der Waals surface area contributed by atoms with Gasteiger partial charge in [0.2, 0.25) is 9.84 Å². The lowest BCUT2D eigenvalue weighted by molar-refractivity contribution is 0.309. The highest BCUT2D eigenvalue weighted by atomic mass is 32.2. The molecule has 0 aliphatic heterocycles. The van der Waals surface area contributed by atoms with Gasteiger partial charge in [0.15, 0.2) is 0 Å². The van der Waals surface area contributed by atoms with Crippen LogP contribution in [0.4, 0.5) is 0 Å². The zero-order valence-corrected chi connectivity index (χ0v) is 14.3. The van der Waals surface area contributed by atoms with Crippen LogP contribution in [0.5, 0.6) is 5.75 Å². The van der Waals surface area contributed by atoms with Crippen molar-refractivity contribution in [2.45, 2.75) is 24.7 Å². The Morgan fingerprint density at radius 3 is 2.38 bits per heavy atom. The Morgan fingerprint density at radius 2 is 1.79 bits per heavy atom. The molecule has 0 aromatic heterocycles. The molecule has 0 saturated carbocycles. The number of hydrogen-bond acceptors (Lipinski definition) is 4. The minimum Gasteiger partial charge on any atom is -0.494 e. The monoisotopic (exact) mass is 341 g/mol. The molecule has 2 aromatic rings. The van der Waals surface area contributed by atoms with Crippen LogP contribution in [0, 0.1) is 11.3 Å². The number of nitrogens with zero attached hydrogens (tertiary/aromatic N) is 1. The lowest BCUT2D eigenvalue weighted by Gasteiger charge is -2.06. The highest BCUT2D eigenvalue weighted by Gasteiger charge is 2.20. The average Bonchev–Trinajstić information content (AvgIpc) is 2.61. The van der Waals surface area contributed by atoms with Crippen molar-refractivity contribution in [2.24, 2.45) is 0 Å². The second-order valence-electron chi connectivity index (χ2n) is 5.21. The van der Waals surface area contributed by atoms with E-state index in [2.05, 4.69) is 6.92 Å². The molecule has 0 amide bonds. The van der Waals surface area contributed by atoms with Crippen LogP contribution in [-0.4, -0.2) is 15.0 Å². The Hall–Kier alpha value is -2.58. The summed E-state index contributed by atoms with van der Waals surface area (Å²) in [7, 11) is -3.81. The number of allylic oxidation sites excluding steroid dienone is 1. The summed E-state index contributed by atoms with van der Waals surface area (Å²) in [5, 5.41) is 9.26. The lowest BCUT2D eigenvalue weighted by Crippen LogP contribution is -2.03. The van der Waals surface area contributed by atoms with Gasteiger partial charge in [0.05, 0.1) is 11.5 Å². The van der Waals surface area contributed by atoms with E-state index in [9.17, 15) is 13.7 Å². The maximum absolute atomic E-state index is 12.5. The van der Waals surface area contributed by atoms with E-state index in [0.29, 0.717) is 12.2 Å². The Bertz CT molecular complexity index is 832. The van der Waals surface area contributed by atoms with E-state index in [1.807, 2.05) is 0 Å². The number of nitriles is 1. The average molecular weight is 341 g/mol. The van der Waals surface area contributed by atoms with Gasteiger partial charge in [0, 0.05) is 0 Å². The normalized spacial score (nSPS) is 11.8. The van der Waals surface area contributed by atoms with E-state index in [0.717, 1.165) is 18.6 Å². The van der Waals surface area contributed by atoms with Gasteiger partial charge in [-0.1, -0.05) is 43.7 Å². The Morgan fingerprint density at radius 1 is 1.12 bits per heavy atom. The van der Waals surface area contributed by atoms with Crippen molar-refractivity contribution >= 4 is 15.9 Å². The summed E-state index contributed by atoms with van der Waals surface area (Å²) in [5.41, 5.74) is 0.633. The van der Waals surface area contributed by atoms with Gasteiger partial charge in [-0.25, -0.2) is 8.42 Å². The second kappa shape index (κ2) is 8.32. The van der Waals surface area contributed by atoms with E-state index < -0.39 is 9.84 Å². The molecule has 0 aliphatic carbocycles. The third kappa shape index (κ3) is 4.46. The van der Waals surface area contributed by atoms with Crippen molar-refractivity contribution in [3.05, 3.63) is 65.1 Å². The predicted octanol–water partition coefficient (Wildman–Crippen LogP) is 4.20. The zero-order valence-electron chi connectivity index (χ0n) is 13.5. The van der Waals surface area contributed by atoms with Gasteiger partial charge in [-0.05, 0) is 42.3 Å². The molecule has 0 unspecified atom stereocenters. The lowest BCUT2D eigenvalue weighted by atomic mass is 10.2. The molecule has 0 spiro atoms. The van der Waals surface area contributed by atoms with Gasteiger partial charge < -0.3 is 4.74 Å². The van der Waals surface area contributed by atoms with Crippen LogP contribution in [0.1, 0.15) is 25.3 Å². The van der Waals surface area contributed by atoms with E-state index in [1.165, 1.54) is 18.2 Å². The van der Waals surface area contributed by atoms with E-state index in [4.69, 9.17) is 4.74 Å². The molecule has 0 bridgehead atoms. The predicted molar refractivity (Wildman–Crippen MR) is 94.1 cm³/mol. The van der Waals surface area contributed by atoms with Gasteiger partial charge in [-0.2, -0.15) is 5.26 Å². The number of rotatable bonds is 7. The summed E-state index contributed by atoms with van der Waals surface area (Å²) in [6.07, 6.45) is 3.41. The SMILES string of the molecule is CCCCOc1ccc(/C=C(/C#N)S(=O)(=O)c2ccccc2)cc1. The summed E-state index contributed by atoms with van der Waals surface area (Å²) in [4.78, 5) is -0.175. The van der Waals surface area contributed by atoms with Crippen LogP contribution in [0.15, 0.2) is 64.4 Å². The number of benzene rings is 2. The number of ether oxygens (including phenoxy) is 1. The van der Waals surface area contributed by atoms with Crippen LogP contribution in [0.25, 0.3) is 6.08 Å². The molecule has 0 aliphatic rings. The van der Waals surface area contributed by atoms with Crippen molar-refractivity contribution in [3.63, 3.8) is 0 Å². The third-order valence-electron chi connectivity index (χ3n) is 3.40. The summed E-state index contributed by atoms with van der Waals surface area (Å²) < 4.78 is 30.6. The number of hydrogen-bond donors (Lipinski definition) is 0. The molecule has 0 heterocycles. The van der Waals surface area contributed by atoms with Crippen molar-refractivity contribution < 1.29 is 13.2 Å². The Balaban J connectivity index is 2.23. The Kier molecular flexibility index (Phi) is 6.16. The molecule has 2 rings (SSSR count). The van der Waals surface area contributed by atoms with Gasteiger partial charge in [0.25, 0.3) is 0 Å². The van der Waals surface area contributed by atoms with Gasteiger partial charge in [-0.15, -0.1) is 0 Å². The molecule has 4 nitrogen and oxygen atoms in total. The molecule has 0 fully saturated rings. The summed E-state index contributed by atoms with van der Waals surface area (Å²) in [6, 6.07) is 16.7. The summed E-state index contributed by atoms with van der Waals surface area (Å²) in [5.74, 6) is 0.727. The summed E-state index contributed by atoms with van der Waals surface area (Å²) in [6.45, 7) is 2.74. The zero-order chi connectivity index (χ0) is 17.4. The number of sulfone groups is 1. The van der Waals surface area contributed by atoms with E-state index in [1.54, 1.807) is 48.5 Å². The fraction of sp³-hybridized carbons (Fsp3) is 0.211. The molecule has 0 saturated heterocycles. The molecular formula is C19H19NO3S. The van der Waals surface area contributed by atoms with Crippen molar-refractivity contribution in [1.29, 1.82) is 5.26 Å². The molecular weight excluding hydrogens is 322 g/mol. The molecule has 0 N–H and O–H groups in total. The molecule has 0 radical (unpaired) electrons. The largest absolute Gasteiger partial charge is 0.494 e. The van der Waals surface area contributed by atoms with Crippen LogP contribution in [0.2, 0.25) is 0 Å². The first-order chi connectivity index (χ1) is 11.6. The first-order valence-corrected chi connectivity index (χ1v) is 9.21. The standard InChI is InChI=1S/C19H19NO3S/c1-2-3-13-23-17-11-9-16(10-12-17)14-19(15-20)24(21,22)18-7-5-4-6-8-18/h4-12,14H,2-3,13H2,1H3/b19-14-. The number of unbranched alkanes of at least 4 members (excludes halogenated alkanes) is 1. The fourth-order valence-corrected chi connectivity index (χ4v) is 3.22. The van der Waals surface area contributed by atoms with Gasteiger partial charge in [-0.3, -0.25) is 0 Å². The molecule has 5 heteroatoms. The summed E-state index contributed by atoms with van der Waals surface area (Å²) >= 11 is 0. The smallest absolute Gasteiger partial charge is 0.216 e. The maximum Gasteiger partial charge on any atom is 0.216 e. The quantitative estimate of drug-likeness (QED) is 0.559. The minimum atomic E-state index is -3.81. The van der Waals surface area contributed by atoms with Gasteiger partial charge in [0.1, 0.15) is 16.7 Å². The second-order valence-corrected chi connectivity index (χ2v) is 7.13. The topological polar surface area (TPSA) is 67.2 Å². The van der Waals surface area contributed by atoms with Crippen molar-refractivity contribution in [1.82, 2.24) is 0 Å². The highest BCUT2D eigenvalue weighted by Crippen LogP contribution is 2.22. The molecule has 124 valence electrons. The van der Waals surface area contributed by atoms with Gasteiger partial charge >= 0.3 is 0 Å².